The normalized spacial score (nSPS) is 21.7. The lowest BCUT2D eigenvalue weighted by molar-refractivity contribution is -0.136. The monoisotopic (exact) mass is 370 g/mol. The van der Waals surface area contributed by atoms with E-state index in [0.717, 1.165) is 48.3 Å². The Hall–Kier alpha value is -2.57. The second-order valence-corrected chi connectivity index (χ2v) is 7.82. The minimum Gasteiger partial charge on any atom is -0.398 e. The van der Waals surface area contributed by atoms with E-state index < -0.39 is 5.54 Å². The number of rotatable bonds is 2. The Kier molecular flexibility index (Phi) is 4.32. The number of likely N-dealkylation sites (N-methyl/N-ethyl adjacent to an activating group) is 1. The molecule has 0 radical (unpaired) electrons. The number of anilines is 2. The van der Waals surface area contributed by atoms with Crippen LogP contribution in [0.5, 0.6) is 0 Å². The first kappa shape index (κ1) is 17.8. The quantitative estimate of drug-likeness (QED) is 0.638. The predicted molar refractivity (Wildman–Crippen MR) is 102 cm³/mol. The molecule has 1 spiro atoms. The van der Waals surface area contributed by atoms with E-state index in [9.17, 15) is 14.4 Å². The number of benzene rings is 1. The number of nitrogens with zero attached hydrogens (tertiary/aromatic N) is 3. The number of nitrogens with two attached hydrogens (primary N) is 1. The lowest BCUT2D eigenvalue weighted by Crippen LogP contribution is -2.50. The minimum atomic E-state index is -0.750. The molecule has 1 aliphatic carbocycles. The molecule has 27 heavy (non-hydrogen) atoms. The van der Waals surface area contributed by atoms with Crippen LogP contribution < -0.4 is 10.6 Å². The molecule has 4 rings (SSSR count). The summed E-state index contributed by atoms with van der Waals surface area (Å²) in [5, 5.41) is 0. The summed E-state index contributed by atoms with van der Waals surface area (Å²) < 4.78 is 0. The molecule has 144 valence electrons. The van der Waals surface area contributed by atoms with Crippen molar-refractivity contribution in [2.75, 3.05) is 30.8 Å². The maximum absolute atomic E-state index is 13.1. The van der Waals surface area contributed by atoms with E-state index in [4.69, 9.17) is 5.73 Å². The van der Waals surface area contributed by atoms with E-state index in [1.54, 1.807) is 16.8 Å². The third-order valence-corrected chi connectivity index (χ3v) is 6.37. The first-order chi connectivity index (χ1) is 13.0. The zero-order valence-corrected chi connectivity index (χ0v) is 15.7. The summed E-state index contributed by atoms with van der Waals surface area (Å²) in [4.78, 5) is 43.2. The topological polar surface area (TPSA) is 87.0 Å². The number of amides is 4. The maximum atomic E-state index is 13.1. The molecule has 1 aromatic rings. The molecular formula is C20H26N4O3. The molecule has 0 aromatic heterocycles. The van der Waals surface area contributed by atoms with Gasteiger partial charge in [-0.05, 0) is 43.4 Å². The molecule has 2 heterocycles. The molecule has 1 saturated heterocycles. The zero-order valence-electron chi connectivity index (χ0n) is 15.7. The molecule has 4 amide bonds. The number of imide groups is 1. The highest BCUT2D eigenvalue weighted by molar-refractivity contribution is 6.10. The molecule has 1 saturated carbocycles. The first-order valence-corrected chi connectivity index (χ1v) is 9.73. The van der Waals surface area contributed by atoms with Crippen molar-refractivity contribution in [3.05, 3.63) is 23.8 Å². The summed E-state index contributed by atoms with van der Waals surface area (Å²) in [5.41, 5.74) is 7.76. The molecule has 7 heteroatoms. The van der Waals surface area contributed by atoms with Crippen molar-refractivity contribution < 1.29 is 14.4 Å². The Labute approximate surface area is 159 Å². The molecule has 2 N–H and O–H groups in total. The van der Waals surface area contributed by atoms with Crippen molar-refractivity contribution in [3.8, 4) is 0 Å². The Bertz CT molecular complexity index is 800. The largest absolute Gasteiger partial charge is 0.398 e. The van der Waals surface area contributed by atoms with Crippen LogP contribution in [0.2, 0.25) is 0 Å². The number of hydrogen-bond acceptors (Lipinski definition) is 4. The Morgan fingerprint density at radius 2 is 1.89 bits per heavy atom. The van der Waals surface area contributed by atoms with Crippen LogP contribution in [0.1, 0.15) is 44.1 Å². The van der Waals surface area contributed by atoms with Gasteiger partial charge >= 0.3 is 6.03 Å². The fraction of sp³-hybridized carbons (Fsp3) is 0.550. The molecule has 0 unspecified atom stereocenters. The highest BCUT2D eigenvalue weighted by Crippen LogP contribution is 2.39. The van der Waals surface area contributed by atoms with Gasteiger partial charge in [0.25, 0.3) is 5.91 Å². The van der Waals surface area contributed by atoms with E-state index in [-0.39, 0.29) is 24.4 Å². The second-order valence-electron chi connectivity index (χ2n) is 7.82. The van der Waals surface area contributed by atoms with Gasteiger partial charge in [-0.3, -0.25) is 14.5 Å². The lowest BCUT2D eigenvalue weighted by atomic mass is 9.81. The minimum absolute atomic E-state index is 0.210. The Balaban J connectivity index is 1.57. The first-order valence-electron chi connectivity index (χ1n) is 9.73. The molecule has 3 aliphatic rings. The molecule has 0 atom stereocenters. The summed E-state index contributed by atoms with van der Waals surface area (Å²) >= 11 is 0. The highest BCUT2D eigenvalue weighted by atomic mass is 16.2. The van der Waals surface area contributed by atoms with E-state index >= 15 is 0 Å². The van der Waals surface area contributed by atoms with Gasteiger partial charge in [-0.25, -0.2) is 4.79 Å². The zero-order chi connectivity index (χ0) is 19.2. The van der Waals surface area contributed by atoms with Crippen LogP contribution in [0.15, 0.2) is 18.2 Å². The van der Waals surface area contributed by atoms with Gasteiger partial charge in [-0.2, -0.15) is 0 Å². The van der Waals surface area contributed by atoms with Gasteiger partial charge in [0.2, 0.25) is 5.91 Å². The van der Waals surface area contributed by atoms with Gasteiger partial charge in [0, 0.05) is 25.0 Å². The SMILES string of the molecule is CN1C(=O)N(CC(=O)N2CCCc3c(N)cccc32)C(=O)C12CCCCC2. The number of nitrogen functional groups attached to an aromatic ring is 1. The van der Waals surface area contributed by atoms with Crippen LogP contribution in [0.4, 0.5) is 16.2 Å². The number of fused-ring (bicyclic) bond motifs is 1. The lowest BCUT2D eigenvalue weighted by Gasteiger charge is -2.36. The van der Waals surface area contributed by atoms with Gasteiger partial charge in [0.15, 0.2) is 0 Å². The van der Waals surface area contributed by atoms with Crippen LogP contribution >= 0.6 is 0 Å². The van der Waals surface area contributed by atoms with Gasteiger partial charge in [0.05, 0.1) is 0 Å². The van der Waals surface area contributed by atoms with Crippen molar-refractivity contribution in [2.45, 2.75) is 50.5 Å². The number of hydrogen-bond donors (Lipinski definition) is 1. The molecule has 2 aliphatic heterocycles. The van der Waals surface area contributed by atoms with Gasteiger partial charge < -0.3 is 15.5 Å². The van der Waals surface area contributed by atoms with E-state index in [1.165, 1.54) is 0 Å². The number of urea groups is 1. The average Bonchev–Trinajstić information content (AvgIpc) is 2.85. The third kappa shape index (κ3) is 2.67. The van der Waals surface area contributed by atoms with Crippen LogP contribution in [0.25, 0.3) is 0 Å². The fourth-order valence-corrected chi connectivity index (χ4v) is 4.80. The van der Waals surface area contributed by atoms with E-state index in [2.05, 4.69) is 0 Å². The maximum Gasteiger partial charge on any atom is 0.327 e. The highest BCUT2D eigenvalue weighted by Gasteiger charge is 2.56. The standard InChI is InChI=1S/C20H26N4O3/c1-22-19(27)24(18(26)20(22)10-3-2-4-11-20)13-17(25)23-12-6-7-14-15(21)8-5-9-16(14)23/h5,8-9H,2-4,6-7,10-13,21H2,1H3. The summed E-state index contributed by atoms with van der Waals surface area (Å²) in [6, 6.07) is 5.18. The van der Waals surface area contributed by atoms with Crippen LogP contribution in [-0.2, 0) is 16.0 Å². The van der Waals surface area contributed by atoms with Crippen molar-refractivity contribution >= 4 is 29.2 Å². The van der Waals surface area contributed by atoms with Crippen LogP contribution in [-0.4, -0.2) is 53.3 Å². The summed E-state index contributed by atoms with van der Waals surface area (Å²) in [5.74, 6) is -0.447. The summed E-state index contributed by atoms with van der Waals surface area (Å²) in [6.45, 7) is 0.366. The van der Waals surface area contributed by atoms with Crippen LogP contribution in [0, 0.1) is 0 Å². The second kappa shape index (κ2) is 6.55. The van der Waals surface area contributed by atoms with Crippen molar-refractivity contribution in [1.82, 2.24) is 9.80 Å². The van der Waals surface area contributed by atoms with Gasteiger partial charge in [-0.1, -0.05) is 25.3 Å². The van der Waals surface area contributed by atoms with Crippen LogP contribution in [0.3, 0.4) is 0 Å². The fourth-order valence-electron chi connectivity index (χ4n) is 4.80. The van der Waals surface area contributed by atoms with E-state index in [0.29, 0.717) is 25.1 Å². The predicted octanol–water partition coefficient (Wildman–Crippen LogP) is 2.14. The summed E-state index contributed by atoms with van der Waals surface area (Å²) in [7, 11) is 1.69. The molecule has 2 fully saturated rings. The number of carbonyl (C=O) groups is 3. The average molecular weight is 370 g/mol. The molecule has 7 nitrogen and oxygen atoms in total. The van der Waals surface area contributed by atoms with Crippen molar-refractivity contribution in [1.29, 1.82) is 0 Å². The number of carbonyl (C=O) groups excluding carboxylic acids is 3. The Morgan fingerprint density at radius 1 is 1.15 bits per heavy atom. The Morgan fingerprint density at radius 3 is 2.63 bits per heavy atom. The van der Waals surface area contributed by atoms with Gasteiger partial charge in [-0.15, -0.1) is 0 Å². The van der Waals surface area contributed by atoms with Crippen molar-refractivity contribution in [2.24, 2.45) is 0 Å². The van der Waals surface area contributed by atoms with Crippen molar-refractivity contribution in [3.63, 3.8) is 0 Å². The third-order valence-electron chi connectivity index (χ3n) is 6.37. The smallest absolute Gasteiger partial charge is 0.327 e. The molecule has 0 bridgehead atoms. The summed E-state index contributed by atoms with van der Waals surface area (Å²) in [6.07, 6.45) is 5.97. The van der Waals surface area contributed by atoms with Gasteiger partial charge in [0.1, 0.15) is 12.1 Å². The van der Waals surface area contributed by atoms with E-state index in [1.807, 2.05) is 18.2 Å². The molecular weight excluding hydrogens is 344 g/mol. The molecule has 1 aromatic carbocycles.